The first-order chi connectivity index (χ1) is 8.98. The Bertz CT molecular complexity index is 478. The second-order valence-corrected chi connectivity index (χ2v) is 5.24. The quantitative estimate of drug-likeness (QED) is 0.814. The smallest absolute Gasteiger partial charge is 0.251 e. The molecule has 0 atom stereocenters. The van der Waals surface area contributed by atoms with Crippen molar-refractivity contribution < 1.29 is 9.90 Å². The van der Waals surface area contributed by atoms with Crippen molar-refractivity contribution in [3.63, 3.8) is 0 Å². The lowest BCUT2D eigenvalue weighted by Gasteiger charge is -2.22. The maximum Gasteiger partial charge on any atom is 0.251 e. The van der Waals surface area contributed by atoms with E-state index in [1.165, 1.54) is 0 Å². The highest BCUT2D eigenvalue weighted by Crippen LogP contribution is 2.17. The third-order valence-corrected chi connectivity index (χ3v) is 3.14. The summed E-state index contributed by atoms with van der Waals surface area (Å²) in [5.41, 5.74) is 1.53. The van der Waals surface area contributed by atoms with Gasteiger partial charge in [-0.15, -0.1) is 0 Å². The van der Waals surface area contributed by atoms with Gasteiger partial charge in [0.2, 0.25) is 0 Å². The average Bonchev–Trinajstić information content (AvgIpc) is 2.43. The van der Waals surface area contributed by atoms with Gasteiger partial charge in [0.1, 0.15) is 6.61 Å². The molecular formula is C16H21NO2. The summed E-state index contributed by atoms with van der Waals surface area (Å²) in [5.74, 6) is 5.30. The molecule has 0 radical (unpaired) electrons. The Kier molecular flexibility index (Phi) is 5.59. The number of carbonyl (C=O) groups is 1. The lowest BCUT2D eigenvalue weighted by atomic mass is 9.90. The van der Waals surface area contributed by atoms with Crippen molar-refractivity contribution in [2.24, 2.45) is 5.41 Å². The van der Waals surface area contributed by atoms with Crippen molar-refractivity contribution in [1.82, 2.24) is 5.32 Å². The van der Waals surface area contributed by atoms with Crippen LogP contribution in [0.5, 0.6) is 0 Å². The number of nitrogens with one attached hydrogen (secondary N) is 1. The molecule has 1 aromatic rings. The monoisotopic (exact) mass is 259 g/mol. The standard InChI is InChI=1S/C16H21NO2/c1-4-16(2,3)12-17-15(19)14-9-7-13(8-10-14)6-5-11-18/h7-10,18H,4,11-12H2,1-3H3,(H,17,19). The Morgan fingerprint density at radius 2 is 1.95 bits per heavy atom. The van der Waals surface area contributed by atoms with Crippen LogP contribution in [-0.2, 0) is 0 Å². The van der Waals surface area contributed by atoms with E-state index in [9.17, 15) is 4.79 Å². The van der Waals surface area contributed by atoms with Crippen molar-refractivity contribution in [3.05, 3.63) is 35.4 Å². The molecule has 2 N–H and O–H groups in total. The van der Waals surface area contributed by atoms with E-state index in [0.29, 0.717) is 12.1 Å². The average molecular weight is 259 g/mol. The van der Waals surface area contributed by atoms with Gasteiger partial charge in [-0.25, -0.2) is 0 Å². The minimum absolute atomic E-state index is 0.0665. The summed E-state index contributed by atoms with van der Waals surface area (Å²) in [6.07, 6.45) is 1.02. The summed E-state index contributed by atoms with van der Waals surface area (Å²) in [6.45, 7) is 6.87. The van der Waals surface area contributed by atoms with Crippen molar-refractivity contribution in [1.29, 1.82) is 0 Å². The van der Waals surface area contributed by atoms with Crippen LogP contribution >= 0.6 is 0 Å². The van der Waals surface area contributed by atoms with Gasteiger partial charge in [0.15, 0.2) is 0 Å². The molecule has 0 fully saturated rings. The fourth-order valence-electron chi connectivity index (χ4n) is 1.39. The molecule has 1 aromatic carbocycles. The summed E-state index contributed by atoms with van der Waals surface area (Å²) in [7, 11) is 0. The lowest BCUT2D eigenvalue weighted by molar-refractivity contribution is 0.0935. The van der Waals surface area contributed by atoms with Gasteiger partial charge < -0.3 is 10.4 Å². The Labute approximate surface area is 115 Å². The molecule has 0 aliphatic heterocycles. The van der Waals surface area contributed by atoms with E-state index in [0.717, 1.165) is 12.0 Å². The maximum absolute atomic E-state index is 11.9. The first kappa shape index (κ1) is 15.3. The van der Waals surface area contributed by atoms with E-state index >= 15 is 0 Å². The highest BCUT2D eigenvalue weighted by Gasteiger charge is 2.16. The number of amides is 1. The molecular weight excluding hydrogens is 238 g/mol. The predicted octanol–water partition coefficient (Wildman–Crippen LogP) is 2.20. The zero-order valence-corrected chi connectivity index (χ0v) is 11.8. The normalized spacial score (nSPS) is 10.5. The van der Waals surface area contributed by atoms with E-state index in [4.69, 9.17) is 5.11 Å². The minimum Gasteiger partial charge on any atom is -0.384 e. The molecule has 102 valence electrons. The van der Waals surface area contributed by atoms with Gasteiger partial charge in [-0.2, -0.15) is 0 Å². The third-order valence-electron chi connectivity index (χ3n) is 3.14. The number of benzene rings is 1. The van der Waals surface area contributed by atoms with Gasteiger partial charge in [0, 0.05) is 17.7 Å². The Hall–Kier alpha value is -1.79. The summed E-state index contributed by atoms with van der Waals surface area (Å²) >= 11 is 0. The minimum atomic E-state index is -0.158. The number of aliphatic hydroxyl groups is 1. The van der Waals surface area contributed by atoms with Crippen LogP contribution in [0.15, 0.2) is 24.3 Å². The van der Waals surface area contributed by atoms with Crippen LogP contribution in [0.4, 0.5) is 0 Å². The molecule has 0 saturated heterocycles. The van der Waals surface area contributed by atoms with Crippen molar-refractivity contribution in [3.8, 4) is 11.8 Å². The number of rotatable bonds is 4. The molecule has 1 amide bonds. The maximum atomic E-state index is 11.9. The fourth-order valence-corrected chi connectivity index (χ4v) is 1.39. The topological polar surface area (TPSA) is 49.3 Å². The summed E-state index contributed by atoms with van der Waals surface area (Å²) in [6, 6.07) is 7.05. The molecule has 0 aromatic heterocycles. The lowest BCUT2D eigenvalue weighted by Crippen LogP contribution is -2.33. The summed E-state index contributed by atoms with van der Waals surface area (Å²) in [5, 5.41) is 11.5. The van der Waals surface area contributed by atoms with E-state index in [1.807, 2.05) is 0 Å². The summed E-state index contributed by atoms with van der Waals surface area (Å²) < 4.78 is 0. The molecule has 19 heavy (non-hydrogen) atoms. The second kappa shape index (κ2) is 6.96. The summed E-state index contributed by atoms with van der Waals surface area (Å²) in [4.78, 5) is 11.9. The van der Waals surface area contributed by atoms with Crippen molar-refractivity contribution in [2.45, 2.75) is 27.2 Å². The Morgan fingerprint density at radius 1 is 1.32 bits per heavy atom. The molecule has 0 bridgehead atoms. The molecule has 3 heteroatoms. The number of hydrogen-bond donors (Lipinski definition) is 2. The van der Waals surface area contributed by atoms with Gasteiger partial charge in [-0.1, -0.05) is 32.6 Å². The highest BCUT2D eigenvalue weighted by atomic mass is 16.2. The van der Waals surface area contributed by atoms with E-state index in [2.05, 4.69) is 37.9 Å². The molecule has 0 aliphatic rings. The molecule has 0 saturated carbocycles. The van der Waals surface area contributed by atoms with Crippen LogP contribution in [0.3, 0.4) is 0 Å². The van der Waals surface area contributed by atoms with Crippen molar-refractivity contribution in [2.75, 3.05) is 13.2 Å². The van der Waals surface area contributed by atoms with Gasteiger partial charge in [-0.3, -0.25) is 4.79 Å². The molecule has 0 spiro atoms. The van der Waals surface area contributed by atoms with Crippen LogP contribution in [0.2, 0.25) is 0 Å². The number of aliphatic hydroxyl groups excluding tert-OH is 1. The largest absolute Gasteiger partial charge is 0.384 e. The molecule has 1 rings (SSSR count). The zero-order valence-electron chi connectivity index (χ0n) is 11.8. The first-order valence-electron chi connectivity index (χ1n) is 6.46. The van der Waals surface area contributed by atoms with Gasteiger partial charge in [-0.05, 0) is 36.1 Å². The Balaban J connectivity index is 2.63. The molecule has 0 aliphatic carbocycles. The van der Waals surface area contributed by atoms with Gasteiger partial charge in [0.25, 0.3) is 5.91 Å². The predicted molar refractivity (Wildman–Crippen MR) is 76.8 cm³/mol. The van der Waals surface area contributed by atoms with Gasteiger partial charge >= 0.3 is 0 Å². The van der Waals surface area contributed by atoms with E-state index in [1.54, 1.807) is 24.3 Å². The van der Waals surface area contributed by atoms with Crippen LogP contribution in [0, 0.1) is 17.3 Å². The fraction of sp³-hybridized carbons (Fsp3) is 0.438. The van der Waals surface area contributed by atoms with Crippen LogP contribution in [-0.4, -0.2) is 24.2 Å². The zero-order chi connectivity index (χ0) is 14.3. The SMILES string of the molecule is CCC(C)(C)CNC(=O)c1ccc(C#CCO)cc1. The number of hydrogen-bond acceptors (Lipinski definition) is 2. The van der Waals surface area contributed by atoms with Crippen LogP contribution < -0.4 is 5.32 Å². The van der Waals surface area contributed by atoms with Crippen LogP contribution in [0.25, 0.3) is 0 Å². The molecule has 0 unspecified atom stereocenters. The Morgan fingerprint density at radius 3 is 2.47 bits per heavy atom. The van der Waals surface area contributed by atoms with Gasteiger partial charge in [0.05, 0.1) is 0 Å². The van der Waals surface area contributed by atoms with Crippen molar-refractivity contribution >= 4 is 5.91 Å². The highest BCUT2D eigenvalue weighted by molar-refractivity contribution is 5.94. The second-order valence-electron chi connectivity index (χ2n) is 5.24. The third kappa shape index (κ3) is 5.15. The van der Waals surface area contributed by atoms with E-state index < -0.39 is 0 Å². The number of carbonyl (C=O) groups excluding carboxylic acids is 1. The first-order valence-corrected chi connectivity index (χ1v) is 6.46. The molecule has 0 heterocycles. The molecule has 3 nitrogen and oxygen atoms in total. The van der Waals surface area contributed by atoms with E-state index in [-0.39, 0.29) is 17.9 Å². The van der Waals surface area contributed by atoms with Crippen LogP contribution in [0.1, 0.15) is 43.1 Å².